The zero-order valence-electron chi connectivity index (χ0n) is 15.2. The predicted octanol–water partition coefficient (Wildman–Crippen LogP) is 2.01. The van der Waals surface area contributed by atoms with Crippen molar-refractivity contribution in [1.82, 2.24) is 4.72 Å². The standard InChI is InChI=1S/C19H24N2O4S/c1-13-10-16(25-3)5-7-19(13)26(23,24)20-12-18(22)15-4-6-17-14(11-15)8-9-21(17)2/h4-7,10-11,18,20,22H,8-9,12H2,1-3H3/t18-/m0/s1. The molecule has 1 heterocycles. The van der Waals surface area contributed by atoms with Crippen LogP contribution in [0, 0.1) is 6.92 Å². The van der Waals surface area contributed by atoms with Gasteiger partial charge < -0.3 is 14.7 Å². The van der Waals surface area contributed by atoms with Crippen LogP contribution in [0.3, 0.4) is 0 Å². The summed E-state index contributed by atoms with van der Waals surface area (Å²) in [6.45, 7) is 2.59. The molecule has 2 aromatic carbocycles. The summed E-state index contributed by atoms with van der Waals surface area (Å²) in [5.74, 6) is 0.601. The average molecular weight is 376 g/mol. The molecule has 0 saturated heterocycles. The first-order valence-corrected chi connectivity index (χ1v) is 9.96. The van der Waals surface area contributed by atoms with Crippen LogP contribution < -0.4 is 14.4 Å². The van der Waals surface area contributed by atoms with Crippen molar-refractivity contribution in [3.05, 3.63) is 53.1 Å². The molecule has 0 amide bonds. The molecule has 0 unspecified atom stereocenters. The van der Waals surface area contributed by atoms with E-state index in [2.05, 4.69) is 9.62 Å². The normalized spacial score (nSPS) is 15.0. The second kappa shape index (κ2) is 7.26. The van der Waals surface area contributed by atoms with Crippen LogP contribution in [0.1, 0.15) is 22.8 Å². The van der Waals surface area contributed by atoms with Gasteiger partial charge in [0.15, 0.2) is 0 Å². The van der Waals surface area contributed by atoms with Crippen molar-refractivity contribution in [2.75, 3.05) is 32.1 Å². The maximum atomic E-state index is 12.5. The number of hydrogen-bond donors (Lipinski definition) is 2. The van der Waals surface area contributed by atoms with Gasteiger partial charge in [-0.05, 0) is 54.3 Å². The number of anilines is 1. The molecular weight excluding hydrogens is 352 g/mol. The Morgan fingerprint density at radius 2 is 2.04 bits per heavy atom. The number of fused-ring (bicyclic) bond motifs is 1. The molecule has 1 aliphatic rings. The molecule has 6 nitrogen and oxygen atoms in total. The molecular formula is C19H24N2O4S. The fourth-order valence-electron chi connectivity index (χ4n) is 3.23. The number of aliphatic hydroxyl groups excluding tert-OH is 1. The molecule has 0 bridgehead atoms. The van der Waals surface area contributed by atoms with Gasteiger partial charge in [0.1, 0.15) is 5.75 Å². The highest BCUT2D eigenvalue weighted by Crippen LogP contribution is 2.29. The van der Waals surface area contributed by atoms with E-state index in [1.807, 2.05) is 25.2 Å². The third-order valence-corrected chi connectivity index (χ3v) is 6.34. The van der Waals surface area contributed by atoms with Crippen LogP contribution in [0.15, 0.2) is 41.3 Å². The maximum Gasteiger partial charge on any atom is 0.240 e. The van der Waals surface area contributed by atoms with E-state index in [9.17, 15) is 13.5 Å². The Labute approximate surface area is 154 Å². The Kier molecular flexibility index (Phi) is 5.22. The largest absolute Gasteiger partial charge is 0.497 e. The number of methoxy groups -OCH3 is 1. The molecule has 3 rings (SSSR count). The van der Waals surface area contributed by atoms with Crippen molar-refractivity contribution in [2.24, 2.45) is 0 Å². The zero-order chi connectivity index (χ0) is 18.9. The number of hydrogen-bond acceptors (Lipinski definition) is 5. The molecule has 0 aliphatic carbocycles. The molecule has 7 heteroatoms. The number of rotatable bonds is 6. The first-order chi connectivity index (χ1) is 12.3. The van der Waals surface area contributed by atoms with Gasteiger partial charge >= 0.3 is 0 Å². The van der Waals surface area contributed by atoms with E-state index in [0.29, 0.717) is 16.9 Å². The van der Waals surface area contributed by atoms with Crippen molar-refractivity contribution in [1.29, 1.82) is 0 Å². The van der Waals surface area contributed by atoms with Crippen LogP contribution in [0.5, 0.6) is 5.75 Å². The van der Waals surface area contributed by atoms with Crippen LogP contribution in [-0.4, -0.2) is 40.8 Å². The van der Waals surface area contributed by atoms with E-state index in [1.54, 1.807) is 19.1 Å². The van der Waals surface area contributed by atoms with Gasteiger partial charge in [0.25, 0.3) is 0 Å². The Hall–Kier alpha value is -2.09. The minimum atomic E-state index is -3.71. The molecule has 140 valence electrons. The zero-order valence-corrected chi connectivity index (χ0v) is 16.0. The van der Waals surface area contributed by atoms with Gasteiger partial charge in [-0.25, -0.2) is 13.1 Å². The molecule has 0 saturated carbocycles. The number of nitrogens with zero attached hydrogens (tertiary/aromatic N) is 1. The van der Waals surface area contributed by atoms with Crippen LogP contribution in [0.4, 0.5) is 5.69 Å². The molecule has 2 N–H and O–H groups in total. The Bertz CT molecular complexity index is 912. The molecule has 1 atom stereocenters. The fraction of sp³-hybridized carbons (Fsp3) is 0.368. The lowest BCUT2D eigenvalue weighted by Crippen LogP contribution is -2.29. The lowest BCUT2D eigenvalue weighted by atomic mass is 10.0. The van der Waals surface area contributed by atoms with Crippen molar-refractivity contribution < 1.29 is 18.3 Å². The minimum absolute atomic E-state index is 0.0809. The smallest absolute Gasteiger partial charge is 0.240 e. The van der Waals surface area contributed by atoms with Crippen LogP contribution in [-0.2, 0) is 16.4 Å². The number of ether oxygens (including phenoxy) is 1. The molecule has 0 radical (unpaired) electrons. The second-order valence-corrected chi connectivity index (χ2v) is 8.29. The van der Waals surface area contributed by atoms with Gasteiger partial charge in [0.2, 0.25) is 10.0 Å². The van der Waals surface area contributed by atoms with Gasteiger partial charge in [-0.1, -0.05) is 12.1 Å². The second-order valence-electron chi connectivity index (χ2n) is 6.56. The number of nitrogens with one attached hydrogen (secondary N) is 1. The Morgan fingerprint density at radius 3 is 2.73 bits per heavy atom. The van der Waals surface area contributed by atoms with Crippen molar-refractivity contribution >= 4 is 15.7 Å². The highest BCUT2D eigenvalue weighted by molar-refractivity contribution is 7.89. The summed E-state index contributed by atoms with van der Waals surface area (Å²) in [7, 11) is -0.144. The molecule has 26 heavy (non-hydrogen) atoms. The predicted molar refractivity (Wildman–Crippen MR) is 101 cm³/mol. The van der Waals surface area contributed by atoms with Crippen LogP contribution in [0.2, 0.25) is 0 Å². The molecule has 0 aromatic heterocycles. The summed E-state index contributed by atoms with van der Waals surface area (Å²) in [6, 6.07) is 10.6. The van der Waals surface area contributed by atoms with Crippen LogP contribution >= 0.6 is 0 Å². The topological polar surface area (TPSA) is 78.9 Å². The number of sulfonamides is 1. The van der Waals surface area contributed by atoms with Gasteiger partial charge in [0.05, 0.1) is 18.1 Å². The van der Waals surface area contributed by atoms with E-state index < -0.39 is 16.1 Å². The summed E-state index contributed by atoms with van der Waals surface area (Å²) in [5, 5.41) is 10.4. The molecule has 0 fully saturated rings. The van der Waals surface area contributed by atoms with Gasteiger partial charge in [-0.2, -0.15) is 0 Å². The lowest BCUT2D eigenvalue weighted by molar-refractivity contribution is 0.182. The average Bonchev–Trinajstić information content (AvgIpc) is 2.99. The van der Waals surface area contributed by atoms with Gasteiger partial charge in [0, 0.05) is 25.8 Å². The summed E-state index contributed by atoms with van der Waals surface area (Å²) < 4.78 is 32.7. The lowest BCUT2D eigenvalue weighted by Gasteiger charge is -2.16. The monoisotopic (exact) mass is 376 g/mol. The summed E-state index contributed by atoms with van der Waals surface area (Å²) >= 11 is 0. The van der Waals surface area contributed by atoms with E-state index in [-0.39, 0.29) is 11.4 Å². The van der Waals surface area contributed by atoms with E-state index >= 15 is 0 Å². The fourth-order valence-corrected chi connectivity index (χ4v) is 4.49. The third-order valence-electron chi connectivity index (χ3n) is 4.75. The Morgan fingerprint density at radius 1 is 1.27 bits per heavy atom. The van der Waals surface area contributed by atoms with Crippen molar-refractivity contribution in [2.45, 2.75) is 24.3 Å². The van der Waals surface area contributed by atoms with Gasteiger partial charge in [-0.3, -0.25) is 0 Å². The number of aliphatic hydroxyl groups is 1. The molecule has 1 aliphatic heterocycles. The van der Waals surface area contributed by atoms with Crippen molar-refractivity contribution in [3.63, 3.8) is 0 Å². The van der Waals surface area contributed by atoms with E-state index in [1.165, 1.54) is 18.7 Å². The van der Waals surface area contributed by atoms with E-state index in [0.717, 1.165) is 18.7 Å². The summed E-state index contributed by atoms with van der Waals surface area (Å²) in [5.41, 5.74) is 3.65. The maximum absolute atomic E-state index is 12.5. The van der Waals surface area contributed by atoms with Crippen molar-refractivity contribution in [3.8, 4) is 5.75 Å². The summed E-state index contributed by atoms with van der Waals surface area (Å²) in [4.78, 5) is 2.35. The SMILES string of the molecule is COc1ccc(S(=O)(=O)NC[C@H](O)c2ccc3c(c2)CCN3C)c(C)c1. The molecule has 0 spiro atoms. The van der Waals surface area contributed by atoms with Gasteiger partial charge in [-0.15, -0.1) is 0 Å². The van der Waals surface area contributed by atoms with E-state index in [4.69, 9.17) is 4.74 Å². The Balaban J connectivity index is 1.72. The summed E-state index contributed by atoms with van der Waals surface area (Å²) in [6.07, 6.45) is 0.0305. The third kappa shape index (κ3) is 3.70. The quantitative estimate of drug-likeness (QED) is 0.806. The number of benzene rings is 2. The number of aryl methyl sites for hydroxylation is 1. The highest BCUT2D eigenvalue weighted by atomic mass is 32.2. The first-order valence-electron chi connectivity index (χ1n) is 8.48. The number of likely N-dealkylation sites (N-methyl/N-ethyl adjacent to an activating group) is 1. The highest BCUT2D eigenvalue weighted by Gasteiger charge is 2.21. The minimum Gasteiger partial charge on any atom is -0.497 e. The molecule has 2 aromatic rings. The first kappa shape index (κ1) is 18.7. The van der Waals surface area contributed by atoms with Crippen LogP contribution in [0.25, 0.3) is 0 Å².